The summed E-state index contributed by atoms with van der Waals surface area (Å²) in [5, 5.41) is 11.5. The number of carbonyl (C=O) groups is 2. The summed E-state index contributed by atoms with van der Waals surface area (Å²) in [6, 6.07) is 17.3. The molecule has 0 radical (unpaired) electrons. The third-order valence-corrected chi connectivity index (χ3v) is 7.04. The lowest BCUT2D eigenvalue weighted by molar-refractivity contribution is -0.132. The molecule has 5 rings (SSSR count). The molecule has 3 aromatic carbocycles. The Bertz CT molecular complexity index is 1390. The minimum absolute atomic E-state index is 0.0467. The molecular formula is C29H28N2O5. The van der Waals surface area contributed by atoms with Crippen molar-refractivity contribution in [2.75, 3.05) is 37.1 Å². The Labute approximate surface area is 210 Å². The van der Waals surface area contributed by atoms with Gasteiger partial charge in [-0.3, -0.25) is 14.5 Å². The van der Waals surface area contributed by atoms with Crippen molar-refractivity contribution in [2.45, 2.75) is 19.9 Å². The molecule has 1 N–H and O–H groups in total. The predicted molar refractivity (Wildman–Crippen MR) is 139 cm³/mol. The summed E-state index contributed by atoms with van der Waals surface area (Å²) in [5.74, 6) is -0.257. The molecule has 1 atom stereocenters. The summed E-state index contributed by atoms with van der Waals surface area (Å²) in [6.07, 6.45) is 0. The lowest BCUT2D eigenvalue weighted by Gasteiger charge is -2.29. The fourth-order valence-corrected chi connectivity index (χ4v) is 4.83. The largest absolute Gasteiger partial charge is 0.507 e. The van der Waals surface area contributed by atoms with Crippen LogP contribution in [0.1, 0.15) is 28.3 Å². The zero-order valence-electron chi connectivity index (χ0n) is 20.7. The van der Waals surface area contributed by atoms with Crippen LogP contribution in [0.5, 0.6) is 11.5 Å². The summed E-state index contributed by atoms with van der Waals surface area (Å²) < 4.78 is 11.0. The third-order valence-electron chi connectivity index (χ3n) is 7.04. The Hall–Kier alpha value is -4.26. The maximum Gasteiger partial charge on any atom is 0.300 e. The number of hydrogen-bond donors (Lipinski definition) is 1. The molecule has 0 aliphatic carbocycles. The summed E-state index contributed by atoms with van der Waals surface area (Å²) in [5.41, 5.74) is 4.53. The van der Waals surface area contributed by atoms with Gasteiger partial charge < -0.3 is 19.5 Å². The van der Waals surface area contributed by atoms with Gasteiger partial charge >= 0.3 is 0 Å². The standard InChI is InChI=1S/C29H28N2O5/c1-17-6-5-7-22(18(17)2)31-26(19-8-11-21(35-4)12-9-19)25(28(33)29(31)34)27(32)20-10-13-24-23(16-20)30(3)14-15-36-24/h5-13,16,26,32H,14-15H2,1-4H3/b27-25-. The second-order valence-corrected chi connectivity index (χ2v) is 9.11. The molecule has 0 aromatic heterocycles. The van der Waals surface area contributed by atoms with Gasteiger partial charge in [0.2, 0.25) is 0 Å². The van der Waals surface area contributed by atoms with Crippen LogP contribution in [0.25, 0.3) is 5.76 Å². The number of aryl methyl sites for hydroxylation is 1. The van der Waals surface area contributed by atoms with Crippen LogP contribution in [0, 0.1) is 13.8 Å². The van der Waals surface area contributed by atoms with Gasteiger partial charge in [0.1, 0.15) is 23.9 Å². The van der Waals surface area contributed by atoms with Gasteiger partial charge in [-0.05, 0) is 66.9 Å². The maximum atomic E-state index is 13.5. The van der Waals surface area contributed by atoms with E-state index >= 15 is 0 Å². The Kier molecular flexibility index (Phi) is 5.92. The van der Waals surface area contributed by atoms with Crippen LogP contribution in [-0.4, -0.2) is 44.1 Å². The Balaban J connectivity index is 1.71. The van der Waals surface area contributed by atoms with E-state index in [1.54, 1.807) is 37.4 Å². The van der Waals surface area contributed by atoms with Crippen molar-refractivity contribution < 1.29 is 24.2 Å². The number of nitrogens with zero attached hydrogens (tertiary/aromatic N) is 2. The zero-order chi connectivity index (χ0) is 25.6. The van der Waals surface area contributed by atoms with Gasteiger partial charge in [0, 0.05) is 18.3 Å². The molecule has 36 heavy (non-hydrogen) atoms. The zero-order valence-corrected chi connectivity index (χ0v) is 20.7. The highest BCUT2D eigenvalue weighted by molar-refractivity contribution is 6.51. The number of aliphatic hydroxyl groups excluding tert-OH is 1. The van der Waals surface area contributed by atoms with Crippen molar-refractivity contribution >= 4 is 28.8 Å². The van der Waals surface area contributed by atoms with Gasteiger partial charge in [0.15, 0.2) is 0 Å². The highest BCUT2D eigenvalue weighted by Crippen LogP contribution is 2.44. The number of likely N-dealkylation sites (N-methyl/N-ethyl adjacent to an activating group) is 1. The van der Waals surface area contributed by atoms with Crippen LogP contribution in [-0.2, 0) is 9.59 Å². The van der Waals surface area contributed by atoms with Crippen molar-refractivity contribution in [2.24, 2.45) is 0 Å². The fourth-order valence-electron chi connectivity index (χ4n) is 4.83. The predicted octanol–water partition coefficient (Wildman–Crippen LogP) is 4.77. The lowest BCUT2D eigenvalue weighted by Crippen LogP contribution is -2.30. The number of rotatable bonds is 4. The molecule has 0 bridgehead atoms. The molecule has 2 aliphatic heterocycles. The van der Waals surface area contributed by atoms with E-state index in [-0.39, 0.29) is 11.3 Å². The van der Waals surface area contributed by atoms with E-state index in [4.69, 9.17) is 9.47 Å². The first kappa shape index (κ1) is 23.5. The highest BCUT2D eigenvalue weighted by atomic mass is 16.5. The number of ether oxygens (including phenoxy) is 2. The van der Waals surface area contributed by atoms with Gasteiger partial charge in [-0.2, -0.15) is 0 Å². The van der Waals surface area contributed by atoms with Gasteiger partial charge in [-0.25, -0.2) is 0 Å². The number of methoxy groups -OCH3 is 1. The quantitative estimate of drug-likeness (QED) is 0.327. The number of carbonyl (C=O) groups excluding carboxylic acids is 2. The number of fused-ring (bicyclic) bond motifs is 1. The Morgan fingerprint density at radius 3 is 2.50 bits per heavy atom. The van der Waals surface area contributed by atoms with Crippen LogP contribution in [0.4, 0.5) is 11.4 Å². The number of ketones is 1. The molecule has 1 amide bonds. The van der Waals surface area contributed by atoms with E-state index < -0.39 is 17.7 Å². The second kappa shape index (κ2) is 9.07. The van der Waals surface area contributed by atoms with Gasteiger partial charge in [0.25, 0.3) is 11.7 Å². The van der Waals surface area contributed by atoms with Gasteiger partial charge in [-0.15, -0.1) is 0 Å². The minimum Gasteiger partial charge on any atom is -0.507 e. The van der Waals surface area contributed by atoms with Crippen LogP contribution in [0.2, 0.25) is 0 Å². The summed E-state index contributed by atoms with van der Waals surface area (Å²) in [7, 11) is 3.52. The minimum atomic E-state index is -0.804. The maximum absolute atomic E-state index is 13.5. The summed E-state index contributed by atoms with van der Waals surface area (Å²) in [6.45, 7) is 5.17. The molecule has 2 heterocycles. The smallest absolute Gasteiger partial charge is 0.300 e. The molecule has 2 aliphatic rings. The van der Waals surface area contributed by atoms with Crippen molar-refractivity contribution in [1.82, 2.24) is 0 Å². The number of aliphatic hydroxyl groups is 1. The number of amides is 1. The van der Waals surface area contributed by atoms with E-state index in [1.165, 1.54) is 4.90 Å². The first-order chi connectivity index (χ1) is 17.3. The van der Waals surface area contributed by atoms with Gasteiger partial charge in [-0.1, -0.05) is 24.3 Å². The van der Waals surface area contributed by atoms with Crippen molar-refractivity contribution in [3.8, 4) is 11.5 Å². The molecule has 7 heteroatoms. The molecule has 0 saturated carbocycles. The normalized spacial score (nSPS) is 18.7. The molecule has 7 nitrogen and oxygen atoms in total. The number of benzene rings is 3. The monoisotopic (exact) mass is 484 g/mol. The molecule has 1 saturated heterocycles. The molecule has 184 valence electrons. The average Bonchev–Trinajstić information content (AvgIpc) is 3.15. The molecule has 1 fully saturated rings. The molecule has 3 aromatic rings. The second-order valence-electron chi connectivity index (χ2n) is 9.11. The topological polar surface area (TPSA) is 79.3 Å². The first-order valence-corrected chi connectivity index (χ1v) is 11.8. The number of hydrogen-bond acceptors (Lipinski definition) is 6. The van der Waals surface area contributed by atoms with E-state index in [0.717, 1.165) is 16.8 Å². The van der Waals surface area contributed by atoms with E-state index in [2.05, 4.69) is 0 Å². The van der Waals surface area contributed by atoms with Crippen LogP contribution in [0.15, 0.2) is 66.2 Å². The Morgan fingerprint density at radius 2 is 1.78 bits per heavy atom. The number of anilines is 2. The molecule has 1 unspecified atom stereocenters. The highest BCUT2D eigenvalue weighted by Gasteiger charge is 2.47. The fraction of sp³-hybridized carbons (Fsp3) is 0.241. The van der Waals surface area contributed by atoms with Gasteiger partial charge in [0.05, 0.1) is 31.0 Å². The van der Waals surface area contributed by atoms with Crippen molar-refractivity contribution in [1.29, 1.82) is 0 Å². The van der Waals surface area contributed by atoms with E-state index in [1.807, 2.05) is 56.1 Å². The lowest BCUT2D eigenvalue weighted by atomic mass is 9.94. The van der Waals surface area contributed by atoms with Crippen LogP contribution >= 0.6 is 0 Å². The SMILES string of the molecule is COc1ccc(C2/C(=C(/O)c3ccc4c(c3)N(C)CCO4)C(=O)C(=O)N2c2cccc(C)c2C)cc1. The van der Waals surface area contributed by atoms with Crippen LogP contribution in [0.3, 0.4) is 0 Å². The molecule has 0 spiro atoms. The van der Waals surface area contributed by atoms with E-state index in [9.17, 15) is 14.7 Å². The van der Waals surface area contributed by atoms with Crippen molar-refractivity contribution in [3.05, 3.63) is 88.5 Å². The third kappa shape index (κ3) is 3.77. The first-order valence-electron chi connectivity index (χ1n) is 11.8. The average molecular weight is 485 g/mol. The van der Waals surface area contributed by atoms with E-state index in [0.29, 0.717) is 41.5 Å². The molecular weight excluding hydrogens is 456 g/mol. The summed E-state index contributed by atoms with van der Waals surface area (Å²) >= 11 is 0. The van der Waals surface area contributed by atoms with Crippen LogP contribution < -0.4 is 19.3 Å². The Morgan fingerprint density at radius 1 is 1.03 bits per heavy atom. The van der Waals surface area contributed by atoms with Crippen molar-refractivity contribution in [3.63, 3.8) is 0 Å². The number of Topliss-reactive ketones (excluding diaryl/α,β-unsaturated/α-hetero) is 1. The summed E-state index contributed by atoms with van der Waals surface area (Å²) in [4.78, 5) is 30.5.